The molecule has 0 spiro atoms. The second-order valence-corrected chi connectivity index (χ2v) is 10.9. The predicted octanol–water partition coefficient (Wildman–Crippen LogP) is 4.94. The van der Waals surface area contributed by atoms with Gasteiger partial charge in [-0.15, -0.1) is 11.3 Å². The highest BCUT2D eigenvalue weighted by molar-refractivity contribution is 7.91. The lowest BCUT2D eigenvalue weighted by Crippen LogP contribution is -2.40. The molecule has 5 nitrogen and oxygen atoms in total. The average Bonchev–Trinajstić information content (AvgIpc) is 3.30. The van der Waals surface area contributed by atoms with Gasteiger partial charge in [0.1, 0.15) is 16.4 Å². The number of carbonyl (C=O) groups is 1. The van der Waals surface area contributed by atoms with Gasteiger partial charge in [0.15, 0.2) is 9.84 Å². The van der Waals surface area contributed by atoms with Crippen molar-refractivity contribution in [2.75, 3.05) is 11.5 Å². The van der Waals surface area contributed by atoms with Crippen LogP contribution in [0.25, 0.3) is 10.1 Å². The van der Waals surface area contributed by atoms with Crippen LogP contribution in [0.2, 0.25) is 10.0 Å². The number of thiophene rings is 1. The third-order valence-corrected chi connectivity index (χ3v) is 8.53. The second kappa shape index (κ2) is 7.37. The first-order valence-corrected chi connectivity index (χ1v) is 12.1. The number of rotatable bonds is 4. The van der Waals surface area contributed by atoms with Crippen LogP contribution in [0.3, 0.4) is 0 Å². The molecular formula is C19H17Cl2NO4S2. The van der Waals surface area contributed by atoms with Gasteiger partial charge in [-0.05, 0) is 37.6 Å². The van der Waals surface area contributed by atoms with Crippen LogP contribution >= 0.6 is 34.5 Å². The zero-order chi connectivity index (χ0) is 20.1. The Kier molecular flexibility index (Phi) is 5.20. The van der Waals surface area contributed by atoms with Crippen molar-refractivity contribution >= 4 is 60.4 Å². The van der Waals surface area contributed by atoms with Crippen LogP contribution < -0.4 is 0 Å². The second-order valence-electron chi connectivity index (χ2n) is 6.86. The van der Waals surface area contributed by atoms with E-state index in [-0.39, 0.29) is 24.0 Å². The monoisotopic (exact) mass is 457 g/mol. The molecule has 0 aliphatic carbocycles. The quantitative estimate of drug-likeness (QED) is 0.556. The van der Waals surface area contributed by atoms with Crippen LogP contribution in [0.5, 0.6) is 0 Å². The molecule has 1 saturated heterocycles. The average molecular weight is 458 g/mol. The van der Waals surface area contributed by atoms with E-state index in [1.54, 1.807) is 23.1 Å². The Labute approximate surface area is 176 Å². The third-order valence-electron chi connectivity index (χ3n) is 4.83. The van der Waals surface area contributed by atoms with Gasteiger partial charge in [-0.25, -0.2) is 8.42 Å². The number of hydrogen-bond donors (Lipinski definition) is 0. The fourth-order valence-electron chi connectivity index (χ4n) is 3.46. The molecule has 1 aromatic carbocycles. The lowest BCUT2D eigenvalue weighted by atomic mass is 10.2. The normalized spacial score (nSPS) is 18.6. The topological polar surface area (TPSA) is 67.6 Å². The smallest absolute Gasteiger partial charge is 0.266 e. The molecule has 3 heterocycles. The molecule has 4 rings (SSSR count). The molecule has 1 atom stereocenters. The van der Waals surface area contributed by atoms with E-state index in [1.807, 2.05) is 19.1 Å². The minimum Gasteiger partial charge on any atom is -0.464 e. The number of hydrogen-bond acceptors (Lipinski definition) is 5. The Balaban J connectivity index is 1.74. The molecule has 1 aliphatic rings. The summed E-state index contributed by atoms with van der Waals surface area (Å²) >= 11 is 14.0. The highest BCUT2D eigenvalue weighted by Crippen LogP contribution is 2.40. The number of halogens is 2. The van der Waals surface area contributed by atoms with Gasteiger partial charge in [0, 0.05) is 16.1 Å². The van der Waals surface area contributed by atoms with Crippen LogP contribution in [0.1, 0.15) is 27.6 Å². The summed E-state index contributed by atoms with van der Waals surface area (Å²) in [6.45, 7) is 2.01. The summed E-state index contributed by atoms with van der Waals surface area (Å²) in [6.07, 6.45) is 0.400. The lowest BCUT2D eigenvalue weighted by molar-refractivity contribution is 0.0671. The van der Waals surface area contributed by atoms with E-state index >= 15 is 0 Å². The van der Waals surface area contributed by atoms with E-state index in [9.17, 15) is 13.2 Å². The Hall–Kier alpha value is -1.54. The van der Waals surface area contributed by atoms with Crippen molar-refractivity contribution in [3.05, 3.63) is 56.8 Å². The van der Waals surface area contributed by atoms with Gasteiger partial charge >= 0.3 is 0 Å². The van der Waals surface area contributed by atoms with Crippen LogP contribution in [0, 0.1) is 6.92 Å². The number of sulfone groups is 1. The van der Waals surface area contributed by atoms with Crippen molar-refractivity contribution in [3.63, 3.8) is 0 Å². The van der Waals surface area contributed by atoms with E-state index in [1.165, 1.54) is 11.3 Å². The maximum absolute atomic E-state index is 13.4. The van der Waals surface area contributed by atoms with Crippen LogP contribution in [0.15, 0.2) is 34.7 Å². The summed E-state index contributed by atoms with van der Waals surface area (Å²) in [6, 6.07) is 8.58. The van der Waals surface area contributed by atoms with Gasteiger partial charge in [0.25, 0.3) is 5.91 Å². The van der Waals surface area contributed by atoms with E-state index in [2.05, 4.69) is 0 Å². The molecule has 0 radical (unpaired) electrons. The van der Waals surface area contributed by atoms with E-state index in [4.69, 9.17) is 27.6 Å². The van der Waals surface area contributed by atoms with Crippen molar-refractivity contribution in [1.29, 1.82) is 0 Å². The van der Waals surface area contributed by atoms with Gasteiger partial charge in [-0.1, -0.05) is 29.3 Å². The Morgan fingerprint density at radius 3 is 2.68 bits per heavy atom. The SMILES string of the molecule is Cc1ccc(CN(C(=O)c2sc3cccc(Cl)c3c2Cl)C2CCS(=O)(=O)C2)o1. The van der Waals surface area contributed by atoms with E-state index < -0.39 is 15.9 Å². The summed E-state index contributed by atoms with van der Waals surface area (Å²) in [5.41, 5.74) is 0. The minimum absolute atomic E-state index is 0.0539. The van der Waals surface area contributed by atoms with Gasteiger partial charge in [0.05, 0.1) is 28.1 Å². The van der Waals surface area contributed by atoms with E-state index in [0.717, 1.165) is 10.5 Å². The molecule has 9 heteroatoms. The minimum atomic E-state index is -3.16. The largest absolute Gasteiger partial charge is 0.464 e. The molecule has 3 aromatic rings. The highest BCUT2D eigenvalue weighted by atomic mass is 35.5. The Morgan fingerprint density at radius 2 is 2.07 bits per heavy atom. The summed E-state index contributed by atoms with van der Waals surface area (Å²) in [5.74, 6) is 1.05. The first kappa shape index (κ1) is 19.8. The number of carbonyl (C=O) groups excluding carboxylic acids is 1. The van der Waals surface area contributed by atoms with Crippen LogP contribution in [-0.2, 0) is 16.4 Å². The van der Waals surface area contributed by atoms with Gasteiger partial charge < -0.3 is 9.32 Å². The zero-order valence-corrected chi connectivity index (χ0v) is 18.1. The zero-order valence-electron chi connectivity index (χ0n) is 14.9. The van der Waals surface area contributed by atoms with Crippen LogP contribution in [-0.4, -0.2) is 36.8 Å². The van der Waals surface area contributed by atoms with Gasteiger partial charge in [-0.3, -0.25) is 4.79 Å². The third kappa shape index (κ3) is 3.68. The molecule has 0 N–H and O–H groups in total. The molecule has 1 unspecified atom stereocenters. The molecular weight excluding hydrogens is 441 g/mol. The summed E-state index contributed by atoms with van der Waals surface area (Å²) in [7, 11) is -3.16. The molecule has 148 valence electrons. The number of furan rings is 1. The summed E-state index contributed by atoms with van der Waals surface area (Å²) in [4.78, 5) is 15.3. The van der Waals surface area contributed by atoms with E-state index in [0.29, 0.717) is 32.5 Å². The summed E-state index contributed by atoms with van der Waals surface area (Å²) in [5, 5.41) is 1.43. The first-order valence-electron chi connectivity index (χ1n) is 8.68. The van der Waals surface area contributed by atoms with Crippen molar-refractivity contribution in [2.24, 2.45) is 0 Å². The Morgan fingerprint density at radius 1 is 1.29 bits per heavy atom. The molecule has 2 aromatic heterocycles. The highest BCUT2D eigenvalue weighted by Gasteiger charge is 2.37. The maximum Gasteiger partial charge on any atom is 0.266 e. The molecule has 1 aliphatic heterocycles. The van der Waals surface area contributed by atoms with Crippen molar-refractivity contribution in [1.82, 2.24) is 4.90 Å². The van der Waals surface area contributed by atoms with Gasteiger partial charge in [0.2, 0.25) is 0 Å². The van der Waals surface area contributed by atoms with Crippen molar-refractivity contribution in [2.45, 2.75) is 25.9 Å². The number of fused-ring (bicyclic) bond motifs is 1. The molecule has 0 saturated carbocycles. The lowest BCUT2D eigenvalue weighted by Gasteiger charge is -2.27. The Bertz CT molecular complexity index is 1170. The first-order chi connectivity index (χ1) is 13.2. The predicted molar refractivity (Wildman–Crippen MR) is 112 cm³/mol. The maximum atomic E-state index is 13.4. The molecule has 28 heavy (non-hydrogen) atoms. The van der Waals surface area contributed by atoms with Crippen LogP contribution in [0.4, 0.5) is 0 Å². The number of amides is 1. The number of nitrogens with zero attached hydrogens (tertiary/aromatic N) is 1. The van der Waals surface area contributed by atoms with Gasteiger partial charge in [-0.2, -0.15) is 0 Å². The fraction of sp³-hybridized carbons (Fsp3) is 0.316. The molecule has 0 bridgehead atoms. The van der Waals surface area contributed by atoms with Crippen molar-refractivity contribution in [3.8, 4) is 0 Å². The van der Waals surface area contributed by atoms with Crippen molar-refractivity contribution < 1.29 is 17.6 Å². The molecule has 1 amide bonds. The number of benzene rings is 1. The standard InChI is InChI=1S/C19H17Cl2NO4S2/c1-11-5-6-13(26-11)9-22(12-7-8-28(24,25)10-12)19(23)18-17(21)16-14(20)3-2-4-15(16)27-18/h2-6,12H,7-10H2,1H3. The fourth-order valence-corrected chi connectivity index (χ4v) is 7.10. The summed E-state index contributed by atoms with van der Waals surface area (Å²) < 4.78 is 30.5. The molecule has 1 fully saturated rings. The number of aryl methyl sites for hydroxylation is 1.